The zero-order valence-electron chi connectivity index (χ0n) is 13.9. The molecule has 0 saturated heterocycles. The quantitative estimate of drug-likeness (QED) is 0.476. The summed E-state index contributed by atoms with van der Waals surface area (Å²) in [5, 5.41) is 23.6. The minimum atomic E-state index is -0.543. The predicted molar refractivity (Wildman–Crippen MR) is 96.6 cm³/mol. The third-order valence-electron chi connectivity index (χ3n) is 3.96. The van der Waals surface area contributed by atoms with Gasteiger partial charge in [0.15, 0.2) is 6.19 Å². The van der Waals surface area contributed by atoms with Gasteiger partial charge in [-0.2, -0.15) is 10.5 Å². The van der Waals surface area contributed by atoms with Crippen LogP contribution in [0.25, 0.3) is 0 Å². The maximum absolute atomic E-state index is 9.31. The normalized spacial score (nSPS) is 15.0. The molecule has 1 aliphatic rings. The minimum Gasteiger partial charge on any atom is -0.397 e. The van der Waals surface area contributed by atoms with Crippen molar-refractivity contribution in [2.75, 3.05) is 23.9 Å². The van der Waals surface area contributed by atoms with Crippen LogP contribution in [-0.4, -0.2) is 18.1 Å². The van der Waals surface area contributed by atoms with Crippen LogP contribution in [0, 0.1) is 22.8 Å². The fourth-order valence-electron chi connectivity index (χ4n) is 2.78. The number of nitrogen functional groups attached to an aromatic ring is 2. The number of aromatic nitrogens is 1. The van der Waals surface area contributed by atoms with Gasteiger partial charge in [0.25, 0.3) is 0 Å². The Bertz CT molecular complexity index is 953. The second kappa shape index (κ2) is 6.97. The van der Waals surface area contributed by atoms with Crippen molar-refractivity contribution in [2.24, 2.45) is 4.99 Å². The molecule has 9 heteroatoms. The lowest BCUT2D eigenvalue weighted by molar-refractivity contribution is 0.185. The molecule has 0 amide bonds. The van der Waals surface area contributed by atoms with Crippen molar-refractivity contribution in [1.82, 2.24) is 10.3 Å². The van der Waals surface area contributed by atoms with Crippen LogP contribution in [-0.2, 0) is 11.3 Å². The molecule has 2 aromatic rings. The van der Waals surface area contributed by atoms with E-state index in [2.05, 4.69) is 20.6 Å². The molecule has 2 heterocycles. The number of nitrogens with two attached hydrogens (primary N) is 2. The van der Waals surface area contributed by atoms with Gasteiger partial charge in [0.05, 0.1) is 12.3 Å². The van der Waals surface area contributed by atoms with Crippen molar-refractivity contribution in [2.45, 2.75) is 12.6 Å². The molecule has 0 spiro atoms. The van der Waals surface area contributed by atoms with E-state index in [1.807, 2.05) is 36.5 Å². The smallest absolute Gasteiger partial charge is 0.211 e. The average molecular weight is 348 g/mol. The highest BCUT2D eigenvalue weighted by Gasteiger charge is 2.29. The van der Waals surface area contributed by atoms with Gasteiger partial charge in [-0.1, -0.05) is 24.3 Å². The number of hydrogen-bond acceptors (Lipinski definition) is 9. The fourth-order valence-corrected chi connectivity index (χ4v) is 2.78. The van der Waals surface area contributed by atoms with Crippen LogP contribution in [0.15, 0.2) is 29.3 Å². The van der Waals surface area contributed by atoms with E-state index in [1.165, 1.54) is 0 Å². The van der Waals surface area contributed by atoms with Crippen molar-refractivity contribution in [3.05, 3.63) is 46.5 Å². The van der Waals surface area contributed by atoms with Crippen LogP contribution in [0.3, 0.4) is 0 Å². The highest BCUT2D eigenvalue weighted by Crippen LogP contribution is 2.40. The Morgan fingerprint density at radius 1 is 1.27 bits per heavy atom. The van der Waals surface area contributed by atoms with Crippen molar-refractivity contribution < 1.29 is 4.74 Å². The van der Waals surface area contributed by atoms with Gasteiger partial charge in [-0.3, -0.25) is 5.32 Å². The maximum atomic E-state index is 9.31. The number of anilines is 3. The van der Waals surface area contributed by atoms with Gasteiger partial charge in [0.2, 0.25) is 5.96 Å². The zero-order valence-corrected chi connectivity index (χ0v) is 13.9. The first-order valence-corrected chi connectivity index (χ1v) is 7.65. The van der Waals surface area contributed by atoms with E-state index < -0.39 is 6.04 Å². The van der Waals surface area contributed by atoms with Gasteiger partial charge in [-0.15, -0.1) is 0 Å². The van der Waals surface area contributed by atoms with Crippen molar-refractivity contribution in [1.29, 1.82) is 10.5 Å². The van der Waals surface area contributed by atoms with Crippen molar-refractivity contribution in [3.63, 3.8) is 0 Å². The summed E-state index contributed by atoms with van der Waals surface area (Å²) >= 11 is 0. The number of methoxy groups -OCH3 is 1. The molecule has 1 aromatic heterocycles. The summed E-state index contributed by atoms with van der Waals surface area (Å²) in [6, 6.07) is 9.05. The number of guanidine groups is 1. The van der Waals surface area contributed by atoms with E-state index in [-0.39, 0.29) is 23.0 Å². The number of pyridine rings is 1. The number of benzene rings is 1. The summed E-state index contributed by atoms with van der Waals surface area (Å²) in [5.74, 6) is 0.600. The molecular formula is C17H16N8O. The summed E-state index contributed by atoms with van der Waals surface area (Å²) in [4.78, 5) is 8.71. The van der Waals surface area contributed by atoms with E-state index in [4.69, 9.17) is 21.5 Å². The van der Waals surface area contributed by atoms with Gasteiger partial charge in [-0.25, -0.2) is 9.98 Å². The van der Waals surface area contributed by atoms with Gasteiger partial charge in [0.1, 0.15) is 29.3 Å². The molecule has 0 saturated carbocycles. The van der Waals surface area contributed by atoms with Crippen LogP contribution in [0.4, 0.5) is 17.3 Å². The monoisotopic (exact) mass is 348 g/mol. The number of nitriles is 2. The van der Waals surface area contributed by atoms with Crippen LogP contribution < -0.4 is 22.1 Å². The van der Waals surface area contributed by atoms with E-state index >= 15 is 0 Å². The lowest BCUT2D eigenvalue weighted by Crippen LogP contribution is -2.32. The minimum absolute atomic E-state index is 0.0173. The number of aliphatic imine (C=N–C) groups is 1. The summed E-state index contributed by atoms with van der Waals surface area (Å²) < 4.78 is 5.12. The molecule has 0 bridgehead atoms. The second-order valence-corrected chi connectivity index (χ2v) is 5.58. The van der Waals surface area contributed by atoms with Crippen LogP contribution in [0.5, 0.6) is 0 Å². The molecule has 1 atom stereocenters. The molecule has 26 heavy (non-hydrogen) atoms. The molecule has 3 rings (SSSR count). The van der Waals surface area contributed by atoms with Gasteiger partial charge < -0.3 is 21.5 Å². The molecule has 1 unspecified atom stereocenters. The number of fused-ring (bicyclic) bond motifs is 1. The Kier molecular flexibility index (Phi) is 4.56. The summed E-state index contributed by atoms with van der Waals surface area (Å²) in [6.07, 6.45) is 1.82. The lowest BCUT2D eigenvalue weighted by atomic mass is 9.94. The highest BCUT2D eigenvalue weighted by molar-refractivity contribution is 5.98. The zero-order chi connectivity index (χ0) is 18.7. The molecular weight excluding hydrogens is 332 g/mol. The Labute approximate surface area is 149 Å². The molecule has 0 radical (unpaired) electrons. The third kappa shape index (κ3) is 2.95. The lowest BCUT2D eigenvalue weighted by Gasteiger charge is -2.26. The molecule has 0 fully saturated rings. The summed E-state index contributed by atoms with van der Waals surface area (Å²) in [5.41, 5.74) is 14.7. The summed E-state index contributed by atoms with van der Waals surface area (Å²) in [7, 11) is 1.63. The Balaban J connectivity index is 2.15. The molecule has 9 nitrogen and oxygen atoms in total. The van der Waals surface area contributed by atoms with Gasteiger partial charge >= 0.3 is 0 Å². The molecule has 130 valence electrons. The van der Waals surface area contributed by atoms with Crippen molar-refractivity contribution >= 4 is 23.3 Å². The Hall–Kier alpha value is -3.82. The molecule has 1 aliphatic heterocycles. The summed E-state index contributed by atoms with van der Waals surface area (Å²) in [6.45, 7) is 0.492. The largest absolute Gasteiger partial charge is 0.397 e. The first-order chi connectivity index (χ1) is 12.6. The van der Waals surface area contributed by atoms with Crippen LogP contribution in [0.2, 0.25) is 0 Å². The van der Waals surface area contributed by atoms with Gasteiger partial charge in [0, 0.05) is 12.7 Å². The highest BCUT2D eigenvalue weighted by atomic mass is 16.5. The van der Waals surface area contributed by atoms with E-state index in [1.54, 1.807) is 7.11 Å². The molecule has 0 aliphatic carbocycles. The standard InChI is InChI=1S/C17H16N8O/c1-26-7-9-2-4-10(5-3-9)14-12-13(20)11(6-18)15(21)24-16(12)25-17(23-14)22-8-19/h2-5,14H,7H2,1H3,(H6,20,21,22,23,24,25). The predicted octanol–water partition coefficient (Wildman–Crippen LogP) is 1.21. The maximum Gasteiger partial charge on any atom is 0.211 e. The SMILES string of the molecule is COCc1ccc(C2N=C(NC#N)Nc3nc(N)c(C#N)c(N)c32)cc1. The second-order valence-electron chi connectivity index (χ2n) is 5.58. The van der Waals surface area contributed by atoms with Crippen molar-refractivity contribution in [3.8, 4) is 12.3 Å². The Morgan fingerprint density at radius 2 is 2.00 bits per heavy atom. The van der Waals surface area contributed by atoms with Gasteiger partial charge in [-0.05, 0) is 11.1 Å². The third-order valence-corrected chi connectivity index (χ3v) is 3.96. The fraction of sp³-hybridized carbons (Fsp3) is 0.176. The topological polar surface area (TPSA) is 158 Å². The number of nitrogens with one attached hydrogen (secondary N) is 2. The van der Waals surface area contributed by atoms with E-state index in [0.29, 0.717) is 18.0 Å². The first-order valence-electron chi connectivity index (χ1n) is 7.65. The Morgan fingerprint density at radius 3 is 2.62 bits per heavy atom. The van der Waals surface area contributed by atoms with E-state index in [0.717, 1.165) is 11.1 Å². The number of ether oxygens (including phenoxy) is 1. The molecule has 1 aromatic carbocycles. The number of rotatable bonds is 3. The first kappa shape index (κ1) is 17.0. The van der Waals surface area contributed by atoms with Crippen LogP contribution in [0.1, 0.15) is 28.3 Å². The van der Waals surface area contributed by atoms with E-state index in [9.17, 15) is 5.26 Å². The molecule has 6 N–H and O–H groups in total. The average Bonchev–Trinajstić information content (AvgIpc) is 2.62. The number of nitrogens with zero attached hydrogens (tertiary/aromatic N) is 4. The number of hydrogen-bond donors (Lipinski definition) is 4. The van der Waals surface area contributed by atoms with Crippen LogP contribution >= 0.6 is 0 Å².